The van der Waals surface area contributed by atoms with Gasteiger partial charge in [-0.3, -0.25) is 4.79 Å². The van der Waals surface area contributed by atoms with Gasteiger partial charge in [0.1, 0.15) is 0 Å². The van der Waals surface area contributed by atoms with E-state index in [2.05, 4.69) is 0 Å². The molecule has 1 saturated carbocycles. The Bertz CT molecular complexity index is 225. The molecule has 3 nitrogen and oxygen atoms in total. The molecule has 14 heavy (non-hydrogen) atoms. The van der Waals surface area contributed by atoms with E-state index < -0.39 is 17.0 Å². The van der Waals surface area contributed by atoms with Crippen LogP contribution in [0.15, 0.2) is 0 Å². The molecule has 0 heterocycles. The Labute approximate surface area is 85.1 Å². The van der Waals surface area contributed by atoms with Crippen molar-refractivity contribution < 1.29 is 15.0 Å². The molecular weight excluding hydrogens is 180 g/mol. The SMILES string of the molecule is CC(C)C1(O)CCC(C)(C(=O)O)CC1. The first-order chi connectivity index (χ1) is 6.30. The van der Waals surface area contributed by atoms with Gasteiger partial charge in [-0.2, -0.15) is 0 Å². The van der Waals surface area contributed by atoms with E-state index in [1.807, 2.05) is 13.8 Å². The van der Waals surface area contributed by atoms with Crippen molar-refractivity contribution in [3.63, 3.8) is 0 Å². The second-order valence-electron chi connectivity index (χ2n) is 5.12. The molecule has 0 aromatic heterocycles. The molecule has 0 aromatic carbocycles. The van der Waals surface area contributed by atoms with Crippen molar-refractivity contribution in [2.45, 2.75) is 52.1 Å². The number of aliphatic carboxylic acids is 1. The molecule has 82 valence electrons. The topological polar surface area (TPSA) is 57.5 Å². The lowest BCUT2D eigenvalue weighted by molar-refractivity contribution is -0.154. The van der Waals surface area contributed by atoms with E-state index >= 15 is 0 Å². The van der Waals surface area contributed by atoms with Crippen LogP contribution in [0.4, 0.5) is 0 Å². The van der Waals surface area contributed by atoms with Gasteiger partial charge in [0.2, 0.25) is 0 Å². The maximum absolute atomic E-state index is 11.0. The minimum atomic E-state index is -0.733. The summed E-state index contributed by atoms with van der Waals surface area (Å²) in [5.74, 6) is -0.524. The third-order valence-electron chi connectivity index (χ3n) is 3.81. The van der Waals surface area contributed by atoms with Crippen LogP contribution < -0.4 is 0 Å². The van der Waals surface area contributed by atoms with Gasteiger partial charge in [-0.05, 0) is 38.5 Å². The molecule has 0 radical (unpaired) electrons. The molecule has 1 aliphatic rings. The summed E-state index contributed by atoms with van der Waals surface area (Å²) in [7, 11) is 0. The molecule has 0 bridgehead atoms. The Morgan fingerprint density at radius 2 is 1.64 bits per heavy atom. The highest BCUT2D eigenvalue weighted by Gasteiger charge is 2.44. The number of aliphatic hydroxyl groups is 1. The van der Waals surface area contributed by atoms with Gasteiger partial charge in [-0.15, -0.1) is 0 Å². The number of carboxylic acid groups (broad SMARTS) is 1. The van der Waals surface area contributed by atoms with Crippen molar-refractivity contribution in [2.24, 2.45) is 11.3 Å². The van der Waals surface area contributed by atoms with Crippen molar-refractivity contribution in [1.29, 1.82) is 0 Å². The second-order valence-corrected chi connectivity index (χ2v) is 5.12. The lowest BCUT2D eigenvalue weighted by Crippen LogP contribution is -2.44. The van der Waals surface area contributed by atoms with Crippen LogP contribution in [0.3, 0.4) is 0 Å². The van der Waals surface area contributed by atoms with Gasteiger partial charge in [0.05, 0.1) is 11.0 Å². The number of rotatable bonds is 2. The van der Waals surface area contributed by atoms with Gasteiger partial charge in [0, 0.05) is 0 Å². The standard InChI is InChI=1S/C11H20O3/c1-8(2)11(14)6-4-10(3,5-7-11)9(12)13/h8,14H,4-7H2,1-3H3,(H,12,13). The van der Waals surface area contributed by atoms with Crippen molar-refractivity contribution in [3.8, 4) is 0 Å². The zero-order valence-corrected chi connectivity index (χ0v) is 9.21. The molecule has 0 amide bonds. The van der Waals surface area contributed by atoms with Crippen LogP contribution in [0.2, 0.25) is 0 Å². The fourth-order valence-corrected chi connectivity index (χ4v) is 2.03. The Morgan fingerprint density at radius 1 is 1.21 bits per heavy atom. The quantitative estimate of drug-likeness (QED) is 0.717. The highest BCUT2D eigenvalue weighted by atomic mass is 16.4. The van der Waals surface area contributed by atoms with Crippen LogP contribution in [0.5, 0.6) is 0 Å². The monoisotopic (exact) mass is 200 g/mol. The van der Waals surface area contributed by atoms with Crippen LogP contribution in [0.25, 0.3) is 0 Å². The Balaban J connectivity index is 2.66. The van der Waals surface area contributed by atoms with E-state index in [9.17, 15) is 9.90 Å². The van der Waals surface area contributed by atoms with E-state index in [1.54, 1.807) is 6.92 Å². The third kappa shape index (κ3) is 1.92. The number of carbonyl (C=O) groups is 1. The van der Waals surface area contributed by atoms with Gasteiger partial charge >= 0.3 is 5.97 Å². The highest BCUT2D eigenvalue weighted by molar-refractivity contribution is 5.74. The van der Waals surface area contributed by atoms with Gasteiger partial charge in [-0.1, -0.05) is 13.8 Å². The van der Waals surface area contributed by atoms with Crippen molar-refractivity contribution in [2.75, 3.05) is 0 Å². The fourth-order valence-electron chi connectivity index (χ4n) is 2.03. The van der Waals surface area contributed by atoms with E-state index in [0.717, 1.165) is 0 Å². The minimum Gasteiger partial charge on any atom is -0.481 e. The maximum Gasteiger partial charge on any atom is 0.309 e. The summed E-state index contributed by atoms with van der Waals surface area (Å²) in [4.78, 5) is 11.0. The molecular formula is C11H20O3. The average Bonchev–Trinajstić information content (AvgIpc) is 2.10. The van der Waals surface area contributed by atoms with E-state index in [1.165, 1.54) is 0 Å². The molecule has 0 saturated heterocycles. The van der Waals surface area contributed by atoms with Gasteiger partial charge in [0.25, 0.3) is 0 Å². The fraction of sp³-hybridized carbons (Fsp3) is 0.909. The van der Waals surface area contributed by atoms with Crippen molar-refractivity contribution in [1.82, 2.24) is 0 Å². The molecule has 0 atom stereocenters. The summed E-state index contributed by atoms with van der Waals surface area (Å²) in [6, 6.07) is 0. The molecule has 0 aliphatic heterocycles. The summed E-state index contributed by atoms with van der Waals surface area (Å²) in [6.07, 6.45) is 2.37. The number of carboxylic acids is 1. The summed E-state index contributed by atoms with van der Waals surface area (Å²) in [6.45, 7) is 5.75. The third-order valence-corrected chi connectivity index (χ3v) is 3.81. The lowest BCUT2D eigenvalue weighted by atomic mass is 9.66. The first-order valence-electron chi connectivity index (χ1n) is 5.26. The minimum absolute atomic E-state index is 0.209. The zero-order chi connectivity index (χ0) is 11.0. The molecule has 1 fully saturated rings. The van der Waals surface area contributed by atoms with Crippen LogP contribution in [0, 0.1) is 11.3 Å². The molecule has 3 heteroatoms. The molecule has 0 unspecified atom stereocenters. The van der Waals surface area contributed by atoms with Gasteiger partial charge in [-0.25, -0.2) is 0 Å². The smallest absolute Gasteiger partial charge is 0.309 e. The summed E-state index contributed by atoms with van der Waals surface area (Å²) >= 11 is 0. The number of hydrogen-bond donors (Lipinski definition) is 2. The summed E-state index contributed by atoms with van der Waals surface area (Å²) in [5.41, 5.74) is -1.27. The van der Waals surface area contributed by atoms with Crippen LogP contribution in [-0.4, -0.2) is 21.8 Å². The van der Waals surface area contributed by atoms with Crippen LogP contribution in [0.1, 0.15) is 46.5 Å². The first kappa shape index (κ1) is 11.5. The summed E-state index contributed by atoms with van der Waals surface area (Å²) in [5, 5.41) is 19.2. The normalized spacial score (nSPS) is 38.6. The molecule has 0 aromatic rings. The predicted molar refractivity (Wildman–Crippen MR) is 54.0 cm³/mol. The van der Waals surface area contributed by atoms with E-state index in [-0.39, 0.29) is 5.92 Å². The first-order valence-corrected chi connectivity index (χ1v) is 5.26. The molecule has 1 aliphatic carbocycles. The van der Waals surface area contributed by atoms with E-state index in [4.69, 9.17) is 5.11 Å². The second kappa shape index (κ2) is 3.54. The lowest BCUT2D eigenvalue weighted by Gasteiger charge is -2.42. The van der Waals surface area contributed by atoms with Gasteiger partial charge < -0.3 is 10.2 Å². The largest absolute Gasteiger partial charge is 0.481 e. The Kier molecular flexibility index (Phi) is 2.91. The predicted octanol–water partition coefficient (Wildman–Crippen LogP) is 2.04. The zero-order valence-electron chi connectivity index (χ0n) is 9.21. The average molecular weight is 200 g/mol. The molecule has 2 N–H and O–H groups in total. The molecule has 0 spiro atoms. The van der Waals surface area contributed by atoms with Crippen LogP contribution in [-0.2, 0) is 4.79 Å². The Morgan fingerprint density at radius 3 is 1.93 bits per heavy atom. The maximum atomic E-state index is 11.0. The van der Waals surface area contributed by atoms with E-state index in [0.29, 0.717) is 25.7 Å². The molecule has 1 rings (SSSR count). The van der Waals surface area contributed by atoms with Crippen molar-refractivity contribution >= 4 is 5.97 Å². The van der Waals surface area contributed by atoms with Gasteiger partial charge in [0.15, 0.2) is 0 Å². The Hall–Kier alpha value is -0.570. The highest BCUT2D eigenvalue weighted by Crippen LogP contribution is 2.43. The van der Waals surface area contributed by atoms with Crippen molar-refractivity contribution in [3.05, 3.63) is 0 Å². The summed E-state index contributed by atoms with van der Waals surface area (Å²) < 4.78 is 0. The van der Waals surface area contributed by atoms with Crippen LogP contribution >= 0.6 is 0 Å². The number of hydrogen-bond acceptors (Lipinski definition) is 2.